The predicted octanol–water partition coefficient (Wildman–Crippen LogP) is 4.21. The van der Waals surface area contributed by atoms with E-state index in [1.54, 1.807) is 30.3 Å². The fourth-order valence-corrected chi connectivity index (χ4v) is 3.17. The molecule has 0 spiro atoms. The molecule has 4 rings (SSSR count). The lowest BCUT2D eigenvalue weighted by Gasteiger charge is -2.10. The Hall–Kier alpha value is -3.74. The molecule has 2 aromatic heterocycles. The van der Waals surface area contributed by atoms with Crippen LogP contribution in [-0.2, 0) is 17.9 Å². The highest BCUT2D eigenvalue weighted by Crippen LogP contribution is 2.20. The van der Waals surface area contributed by atoms with Crippen molar-refractivity contribution in [2.24, 2.45) is 0 Å². The second-order valence-electron chi connectivity index (χ2n) is 6.90. The summed E-state index contributed by atoms with van der Waals surface area (Å²) in [5.74, 6) is -0.0148. The number of unbranched alkanes of at least 4 members (excludes halogenated alkanes) is 1. The Kier molecular flexibility index (Phi) is 5.70. The van der Waals surface area contributed by atoms with Crippen molar-refractivity contribution in [3.63, 3.8) is 0 Å². The maximum absolute atomic E-state index is 12.8. The topological polar surface area (TPSA) is 87.2 Å². The zero-order chi connectivity index (χ0) is 20.9. The van der Waals surface area contributed by atoms with Gasteiger partial charge in [-0.2, -0.15) is 5.10 Å². The Labute approximate surface area is 172 Å². The second kappa shape index (κ2) is 8.73. The van der Waals surface area contributed by atoms with E-state index in [-0.39, 0.29) is 17.9 Å². The Morgan fingerprint density at radius 2 is 1.80 bits per heavy atom. The average molecular weight is 403 g/mol. The lowest BCUT2D eigenvalue weighted by molar-refractivity contribution is 0.0457. The molecule has 0 bridgehead atoms. The molecule has 0 saturated heterocycles. The number of carbonyl (C=O) groups is 1. The number of fused-ring (bicyclic) bond motifs is 1. The van der Waals surface area contributed by atoms with Gasteiger partial charge in [0.2, 0.25) is 0 Å². The highest BCUT2D eigenvalue weighted by atomic mass is 16.5. The van der Waals surface area contributed by atoms with E-state index in [0.717, 1.165) is 18.4 Å². The number of nitrogens with zero attached hydrogens (tertiary/aromatic N) is 3. The van der Waals surface area contributed by atoms with E-state index in [1.807, 2.05) is 37.3 Å². The number of ether oxygens (including phenoxy) is 1. The van der Waals surface area contributed by atoms with Gasteiger partial charge in [0.05, 0.1) is 5.39 Å². The van der Waals surface area contributed by atoms with E-state index < -0.39 is 5.97 Å². The highest BCUT2D eigenvalue weighted by Gasteiger charge is 2.18. The van der Waals surface area contributed by atoms with Crippen LogP contribution in [0.15, 0.2) is 70.0 Å². The van der Waals surface area contributed by atoms with Gasteiger partial charge in [0, 0.05) is 23.6 Å². The Morgan fingerprint density at radius 1 is 1.07 bits per heavy atom. The zero-order valence-electron chi connectivity index (χ0n) is 16.6. The van der Waals surface area contributed by atoms with Gasteiger partial charge in [0.1, 0.15) is 12.3 Å². The molecule has 2 heterocycles. The number of aromatic nitrogens is 3. The quantitative estimate of drug-likeness (QED) is 0.430. The summed E-state index contributed by atoms with van der Waals surface area (Å²) in [6.45, 7) is 2.42. The van der Waals surface area contributed by atoms with Gasteiger partial charge in [-0.3, -0.25) is 4.79 Å². The number of rotatable bonds is 7. The molecule has 0 radical (unpaired) electrons. The van der Waals surface area contributed by atoms with Crippen molar-refractivity contribution in [2.45, 2.75) is 32.9 Å². The van der Waals surface area contributed by atoms with E-state index in [2.05, 4.69) is 10.3 Å². The molecule has 30 heavy (non-hydrogen) atoms. The maximum Gasteiger partial charge on any atom is 0.359 e. The van der Waals surface area contributed by atoms with Crippen LogP contribution < -0.4 is 5.56 Å². The summed E-state index contributed by atoms with van der Waals surface area (Å²) in [4.78, 5) is 25.4. The molecule has 0 N–H and O–H groups in total. The first kappa shape index (κ1) is 19.6. The van der Waals surface area contributed by atoms with Crippen LogP contribution >= 0.6 is 0 Å². The number of benzene rings is 2. The average Bonchev–Trinajstić information content (AvgIpc) is 3.27. The van der Waals surface area contributed by atoms with E-state index in [1.165, 1.54) is 4.68 Å². The van der Waals surface area contributed by atoms with Crippen LogP contribution in [-0.4, -0.2) is 20.9 Å². The van der Waals surface area contributed by atoms with Crippen LogP contribution in [0, 0.1) is 0 Å². The first-order valence-corrected chi connectivity index (χ1v) is 9.85. The number of hydrogen-bond donors (Lipinski definition) is 0. The molecule has 0 fully saturated rings. The van der Waals surface area contributed by atoms with Gasteiger partial charge >= 0.3 is 5.97 Å². The van der Waals surface area contributed by atoms with E-state index in [0.29, 0.717) is 28.8 Å². The van der Waals surface area contributed by atoms with Crippen LogP contribution in [0.4, 0.5) is 0 Å². The summed E-state index contributed by atoms with van der Waals surface area (Å²) in [6, 6.07) is 18.2. The minimum Gasteiger partial charge on any atom is -0.454 e. The number of hydrogen-bond acceptors (Lipinski definition) is 6. The summed E-state index contributed by atoms with van der Waals surface area (Å²) in [5.41, 5.74) is 1.29. The summed E-state index contributed by atoms with van der Waals surface area (Å²) in [5, 5.41) is 9.18. The van der Waals surface area contributed by atoms with Gasteiger partial charge in [0.25, 0.3) is 5.56 Å². The first-order valence-electron chi connectivity index (χ1n) is 9.85. The molecular formula is C23H21N3O4. The standard InChI is InChI=1S/C23H21N3O4/c1-2-3-13-26-22(27)19-12-8-7-11-18(19)21(24-26)23(28)29-15-17-14-20(30-25-17)16-9-5-4-6-10-16/h4-12,14H,2-3,13,15H2,1H3. The van der Waals surface area contributed by atoms with Gasteiger partial charge in [-0.25, -0.2) is 9.48 Å². The molecule has 7 heteroatoms. The number of aryl methyl sites for hydroxylation is 1. The summed E-state index contributed by atoms with van der Waals surface area (Å²) >= 11 is 0. The SMILES string of the molecule is CCCCn1nc(C(=O)OCc2cc(-c3ccccc3)on2)c2ccccc2c1=O. The van der Waals surface area contributed by atoms with Crippen molar-refractivity contribution in [2.75, 3.05) is 0 Å². The molecule has 0 amide bonds. The fourth-order valence-electron chi connectivity index (χ4n) is 3.17. The van der Waals surface area contributed by atoms with Gasteiger partial charge < -0.3 is 9.26 Å². The van der Waals surface area contributed by atoms with Gasteiger partial charge in [-0.1, -0.05) is 67.0 Å². The van der Waals surface area contributed by atoms with Crippen molar-refractivity contribution < 1.29 is 14.1 Å². The molecule has 0 aliphatic carbocycles. The van der Waals surface area contributed by atoms with Crippen LogP contribution in [0.1, 0.15) is 35.9 Å². The van der Waals surface area contributed by atoms with Crippen molar-refractivity contribution in [1.82, 2.24) is 14.9 Å². The fraction of sp³-hybridized carbons (Fsp3) is 0.217. The first-order chi connectivity index (χ1) is 14.7. The summed E-state index contributed by atoms with van der Waals surface area (Å²) < 4.78 is 12.1. The van der Waals surface area contributed by atoms with Gasteiger partial charge in [-0.15, -0.1) is 0 Å². The molecule has 0 aliphatic rings. The van der Waals surface area contributed by atoms with E-state index >= 15 is 0 Å². The number of esters is 1. The van der Waals surface area contributed by atoms with E-state index in [9.17, 15) is 9.59 Å². The predicted molar refractivity (Wildman–Crippen MR) is 112 cm³/mol. The molecule has 2 aromatic carbocycles. The van der Waals surface area contributed by atoms with Crippen molar-refractivity contribution in [1.29, 1.82) is 0 Å². The van der Waals surface area contributed by atoms with Gasteiger partial charge in [-0.05, 0) is 12.5 Å². The lowest BCUT2D eigenvalue weighted by atomic mass is 10.1. The third-order valence-corrected chi connectivity index (χ3v) is 4.75. The van der Waals surface area contributed by atoms with Gasteiger partial charge in [0.15, 0.2) is 11.5 Å². The highest BCUT2D eigenvalue weighted by molar-refractivity contribution is 6.02. The molecule has 0 aliphatic heterocycles. The third kappa shape index (κ3) is 4.00. The lowest BCUT2D eigenvalue weighted by Crippen LogP contribution is -2.26. The zero-order valence-corrected chi connectivity index (χ0v) is 16.6. The van der Waals surface area contributed by atoms with Crippen LogP contribution in [0.25, 0.3) is 22.1 Å². The summed E-state index contributed by atoms with van der Waals surface area (Å²) in [6.07, 6.45) is 1.71. The normalized spacial score (nSPS) is 11.0. The Bertz CT molecular complexity index is 1230. The van der Waals surface area contributed by atoms with Crippen molar-refractivity contribution >= 4 is 16.7 Å². The minimum absolute atomic E-state index is 0.0563. The second-order valence-corrected chi connectivity index (χ2v) is 6.90. The smallest absolute Gasteiger partial charge is 0.359 e. The van der Waals surface area contributed by atoms with Crippen LogP contribution in [0.3, 0.4) is 0 Å². The Balaban J connectivity index is 1.57. The third-order valence-electron chi connectivity index (χ3n) is 4.75. The monoisotopic (exact) mass is 403 g/mol. The largest absolute Gasteiger partial charge is 0.454 e. The molecule has 152 valence electrons. The minimum atomic E-state index is -0.610. The molecule has 4 aromatic rings. The molecule has 0 saturated carbocycles. The number of carbonyl (C=O) groups excluding carboxylic acids is 1. The summed E-state index contributed by atoms with van der Waals surface area (Å²) in [7, 11) is 0. The molecule has 0 unspecified atom stereocenters. The van der Waals surface area contributed by atoms with Crippen LogP contribution in [0.5, 0.6) is 0 Å². The molecule has 7 nitrogen and oxygen atoms in total. The van der Waals surface area contributed by atoms with E-state index in [4.69, 9.17) is 9.26 Å². The van der Waals surface area contributed by atoms with Crippen LogP contribution in [0.2, 0.25) is 0 Å². The molecular weight excluding hydrogens is 382 g/mol. The van der Waals surface area contributed by atoms with Crippen molar-refractivity contribution in [3.8, 4) is 11.3 Å². The Morgan fingerprint density at radius 3 is 2.57 bits per heavy atom. The molecule has 0 atom stereocenters. The van der Waals surface area contributed by atoms with Crippen molar-refractivity contribution in [3.05, 3.63) is 82.4 Å². The maximum atomic E-state index is 12.8.